The fourth-order valence-corrected chi connectivity index (χ4v) is 6.43. The molecule has 176 valence electrons. The number of carbonyl (C=O) groups is 1. The Morgan fingerprint density at radius 1 is 1.06 bits per heavy atom. The molecule has 33 heavy (non-hydrogen) atoms. The minimum absolute atomic E-state index is 0.0336. The molecule has 0 aromatic heterocycles. The van der Waals surface area contributed by atoms with Crippen molar-refractivity contribution in [3.8, 4) is 0 Å². The first-order chi connectivity index (χ1) is 16.0. The van der Waals surface area contributed by atoms with Gasteiger partial charge in [0.2, 0.25) is 15.7 Å². The topological polar surface area (TPSA) is 87.7 Å². The maximum atomic E-state index is 13.2. The van der Waals surface area contributed by atoms with Gasteiger partial charge in [-0.2, -0.15) is 0 Å². The van der Waals surface area contributed by atoms with Gasteiger partial charge in [-0.1, -0.05) is 18.2 Å². The SMILES string of the molecule is O=C(NCc1ccc(S(=O)(=O)c2cccc(N3CCCC3)c2)cc1)C1CCC2NCOC2C1. The van der Waals surface area contributed by atoms with Crippen molar-refractivity contribution in [3.05, 3.63) is 54.1 Å². The zero-order valence-electron chi connectivity index (χ0n) is 18.7. The zero-order chi connectivity index (χ0) is 22.8. The van der Waals surface area contributed by atoms with E-state index in [2.05, 4.69) is 15.5 Å². The van der Waals surface area contributed by atoms with Crippen molar-refractivity contribution in [2.24, 2.45) is 5.92 Å². The Hall–Kier alpha value is -2.42. The Morgan fingerprint density at radius 3 is 2.64 bits per heavy atom. The summed E-state index contributed by atoms with van der Waals surface area (Å²) in [6.45, 7) is 2.89. The summed E-state index contributed by atoms with van der Waals surface area (Å²) in [7, 11) is -3.60. The molecule has 2 saturated heterocycles. The summed E-state index contributed by atoms with van der Waals surface area (Å²) in [5.41, 5.74) is 1.83. The van der Waals surface area contributed by atoms with Crippen LogP contribution in [0.3, 0.4) is 0 Å². The minimum Gasteiger partial charge on any atom is -0.372 e. The van der Waals surface area contributed by atoms with Crippen LogP contribution in [0, 0.1) is 5.92 Å². The van der Waals surface area contributed by atoms with Gasteiger partial charge in [-0.15, -0.1) is 0 Å². The summed E-state index contributed by atoms with van der Waals surface area (Å²) >= 11 is 0. The van der Waals surface area contributed by atoms with Crippen molar-refractivity contribution >= 4 is 21.4 Å². The molecule has 0 bridgehead atoms. The maximum absolute atomic E-state index is 13.2. The standard InChI is InChI=1S/C25H31N3O4S/c29-25(19-8-11-23-24(14-19)32-17-27-23)26-16-18-6-9-21(10-7-18)33(30,31)22-5-3-4-20(15-22)28-12-1-2-13-28/h3-7,9-10,15,19,23-24,27H,1-2,8,11-14,16-17H2,(H,26,29). The van der Waals surface area contributed by atoms with E-state index in [4.69, 9.17) is 4.74 Å². The van der Waals surface area contributed by atoms with Crippen molar-refractivity contribution in [3.63, 3.8) is 0 Å². The molecule has 2 aromatic rings. The zero-order valence-corrected chi connectivity index (χ0v) is 19.5. The molecule has 3 aliphatic rings. The van der Waals surface area contributed by atoms with E-state index in [9.17, 15) is 13.2 Å². The molecular weight excluding hydrogens is 438 g/mol. The molecule has 2 heterocycles. The second kappa shape index (κ2) is 9.44. The van der Waals surface area contributed by atoms with E-state index >= 15 is 0 Å². The lowest BCUT2D eigenvalue weighted by Gasteiger charge is -2.29. The molecule has 1 aliphatic carbocycles. The predicted octanol–water partition coefficient (Wildman–Crippen LogP) is 2.85. The molecule has 1 amide bonds. The van der Waals surface area contributed by atoms with Gasteiger partial charge in [-0.3, -0.25) is 10.1 Å². The van der Waals surface area contributed by atoms with Crippen LogP contribution < -0.4 is 15.5 Å². The van der Waals surface area contributed by atoms with Crippen LogP contribution >= 0.6 is 0 Å². The van der Waals surface area contributed by atoms with E-state index < -0.39 is 9.84 Å². The van der Waals surface area contributed by atoms with Crippen molar-refractivity contribution in [1.29, 1.82) is 0 Å². The maximum Gasteiger partial charge on any atom is 0.223 e. The number of nitrogens with zero attached hydrogens (tertiary/aromatic N) is 1. The number of amides is 1. The molecule has 0 spiro atoms. The van der Waals surface area contributed by atoms with Crippen LogP contribution in [0.4, 0.5) is 5.69 Å². The number of carbonyl (C=O) groups excluding carboxylic acids is 1. The Balaban J connectivity index is 1.21. The van der Waals surface area contributed by atoms with E-state index in [-0.39, 0.29) is 22.8 Å². The minimum atomic E-state index is -3.60. The number of hydrogen-bond acceptors (Lipinski definition) is 6. The van der Waals surface area contributed by atoms with Crippen LogP contribution in [-0.4, -0.2) is 46.3 Å². The van der Waals surface area contributed by atoms with E-state index in [1.807, 2.05) is 12.1 Å². The number of ether oxygens (including phenoxy) is 1. The van der Waals surface area contributed by atoms with Crippen LogP contribution in [0.1, 0.15) is 37.7 Å². The van der Waals surface area contributed by atoms with Gasteiger partial charge in [0.25, 0.3) is 0 Å². The van der Waals surface area contributed by atoms with Crippen LogP contribution in [0.15, 0.2) is 58.3 Å². The van der Waals surface area contributed by atoms with Crippen LogP contribution in [-0.2, 0) is 25.9 Å². The molecular formula is C25H31N3O4S. The lowest BCUT2D eigenvalue weighted by atomic mass is 9.84. The molecule has 3 atom stereocenters. The lowest BCUT2D eigenvalue weighted by Crippen LogP contribution is -2.41. The Labute approximate surface area is 195 Å². The first-order valence-electron chi connectivity index (χ1n) is 11.8. The summed E-state index contributed by atoms with van der Waals surface area (Å²) in [6, 6.07) is 14.4. The van der Waals surface area contributed by atoms with Crippen LogP contribution in [0.25, 0.3) is 0 Å². The Morgan fingerprint density at radius 2 is 1.85 bits per heavy atom. The van der Waals surface area contributed by atoms with E-state index in [0.29, 0.717) is 24.2 Å². The van der Waals surface area contributed by atoms with Crippen molar-refractivity contribution < 1.29 is 17.9 Å². The van der Waals surface area contributed by atoms with E-state index in [0.717, 1.165) is 56.4 Å². The smallest absolute Gasteiger partial charge is 0.223 e. The average molecular weight is 470 g/mol. The number of anilines is 1. The summed E-state index contributed by atoms with van der Waals surface area (Å²) in [5.74, 6) is 0.00746. The summed E-state index contributed by atoms with van der Waals surface area (Å²) in [4.78, 5) is 15.4. The van der Waals surface area contributed by atoms with Gasteiger partial charge in [-0.25, -0.2) is 8.42 Å². The second-order valence-corrected chi connectivity index (χ2v) is 11.2. The normalized spacial score (nSPS) is 25.1. The highest BCUT2D eigenvalue weighted by Gasteiger charge is 2.37. The molecule has 5 rings (SSSR count). The third kappa shape index (κ3) is 4.78. The Kier molecular flexibility index (Phi) is 6.40. The van der Waals surface area contributed by atoms with Crippen LogP contribution in [0.5, 0.6) is 0 Å². The first-order valence-corrected chi connectivity index (χ1v) is 13.3. The molecule has 3 fully saturated rings. The number of fused-ring (bicyclic) bond motifs is 1. The molecule has 3 unspecified atom stereocenters. The number of sulfone groups is 1. The monoisotopic (exact) mass is 469 g/mol. The number of nitrogens with one attached hydrogen (secondary N) is 2. The number of hydrogen-bond donors (Lipinski definition) is 2. The van der Waals surface area contributed by atoms with Gasteiger partial charge in [0, 0.05) is 37.3 Å². The van der Waals surface area contributed by atoms with Gasteiger partial charge in [-0.05, 0) is 68.0 Å². The van der Waals surface area contributed by atoms with E-state index in [1.54, 1.807) is 36.4 Å². The largest absolute Gasteiger partial charge is 0.372 e. The van der Waals surface area contributed by atoms with Crippen LogP contribution in [0.2, 0.25) is 0 Å². The van der Waals surface area contributed by atoms with Gasteiger partial charge in [0.15, 0.2) is 0 Å². The summed E-state index contributed by atoms with van der Waals surface area (Å²) in [5, 5.41) is 6.32. The third-order valence-corrected chi connectivity index (χ3v) is 8.87. The first kappa shape index (κ1) is 22.4. The molecule has 0 radical (unpaired) electrons. The fourth-order valence-electron chi connectivity index (χ4n) is 5.13. The molecule has 7 nitrogen and oxygen atoms in total. The quantitative estimate of drug-likeness (QED) is 0.677. The highest BCUT2D eigenvalue weighted by atomic mass is 32.2. The molecule has 2 aromatic carbocycles. The van der Waals surface area contributed by atoms with Gasteiger partial charge < -0.3 is 15.0 Å². The number of rotatable bonds is 6. The molecule has 1 saturated carbocycles. The van der Waals surface area contributed by atoms with Crippen molar-refractivity contribution in [1.82, 2.24) is 10.6 Å². The third-order valence-electron chi connectivity index (χ3n) is 7.10. The predicted molar refractivity (Wildman–Crippen MR) is 126 cm³/mol. The number of benzene rings is 2. The summed E-state index contributed by atoms with van der Waals surface area (Å²) < 4.78 is 32.0. The molecule has 2 N–H and O–H groups in total. The van der Waals surface area contributed by atoms with Gasteiger partial charge in [0.05, 0.1) is 22.6 Å². The van der Waals surface area contributed by atoms with Gasteiger partial charge in [0.1, 0.15) is 0 Å². The average Bonchev–Trinajstić information content (AvgIpc) is 3.55. The highest BCUT2D eigenvalue weighted by Crippen LogP contribution is 2.30. The Bertz CT molecular complexity index is 1100. The molecule has 2 aliphatic heterocycles. The second-order valence-electron chi connectivity index (χ2n) is 9.23. The molecule has 8 heteroatoms. The lowest BCUT2D eigenvalue weighted by molar-refractivity contribution is -0.127. The highest BCUT2D eigenvalue weighted by molar-refractivity contribution is 7.91. The van der Waals surface area contributed by atoms with Gasteiger partial charge >= 0.3 is 0 Å². The van der Waals surface area contributed by atoms with Crippen molar-refractivity contribution in [2.75, 3.05) is 24.7 Å². The fraction of sp³-hybridized carbons (Fsp3) is 0.480. The summed E-state index contributed by atoms with van der Waals surface area (Å²) in [6.07, 6.45) is 4.97. The van der Waals surface area contributed by atoms with E-state index in [1.165, 1.54) is 0 Å². The van der Waals surface area contributed by atoms with Crippen molar-refractivity contribution in [2.45, 2.75) is 60.6 Å².